The molecule has 0 saturated carbocycles. The first-order valence-corrected chi connectivity index (χ1v) is 8.05. The average molecular weight is 278 g/mol. The molecule has 0 amide bonds. The molecule has 1 aliphatic heterocycles. The van der Waals surface area contributed by atoms with Crippen molar-refractivity contribution in [3.63, 3.8) is 0 Å². The van der Waals surface area contributed by atoms with Gasteiger partial charge in [0.15, 0.2) is 0 Å². The number of aromatic nitrogens is 2. The zero-order chi connectivity index (χ0) is 14.8. The summed E-state index contributed by atoms with van der Waals surface area (Å²) in [6.07, 6.45) is 3.86. The van der Waals surface area contributed by atoms with Gasteiger partial charge in [-0.15, -0.1) is 0 Å². The topological polar surface area (TPSA) is 33.1 Å². The fraction of sp³-hybridized carbons (Fsp3) is 0.812. The van der Waals surface area contributed by atoms with Crippen LogP contribution in [0.25, 0.3) is 0 Å². The van der Waals surface area contributed by atoms with Crippen LogP contribution in [-0.2, 0) is 13.6 Å². The SMILES string of the molecule is CCNCc1c(C)nn(C)c1N1CCC(CC)(CC)C1. The molecule has 1 aromatic heterocycles. The van der Waals surface area contributed by atoms with E-state index < -0.39 is 0 Å². The Morgan fingerprint density at radius 3 is 2.50 bits per heavy atom. The number of aryl methyl sites for hydroxylation is 2. The van der Waals surface area contributed by atoms with Crippen LogP contribution in [0.3, 0.4) is 0 Å². The highest BCUT2D eigenvalue weighted by Gasteiger charge is 2.36. The molecule has 114 valence electrons. The highest BCUT2D eigenvalue weighted by atomic mass is 15.4. The molecule has 2 rings (SSSR count). The predicted octanol–water partition coefficient (Wildman–Crippen LogP) is 2.85. The van der Waals surface area contributed by atoms with Crippen LogP contribution >= 0.6 is 0 Å². The van der Waals surface area contributed by atoms with E-state index in [1.165, 1.54) is 43.7 Å². The molecule has 20 heavy (non-hydrogen) atoms. The smallest absolute Gasteiger partial charge is 0.131 e. The van der Waals surface area contributed by atoms with E-state index in [9.17, 15) is 0 Å². The Bertz CT molecular complexity index is 446. The van der Waals surface area contributed by atoms with Crippen LogP contribution in [0, 0.1) is 12.3 Å². The molecule has 1 aliphatic rings. The molecule has 0 aliphatic carbocycles. The van der Waals surface area contributed by atoms with E-state index in [4.69, 9.17) is 0 Å². The lowest BCUT2D eigenvalue weighted by atomic mass is 9.82. The lowest BCUT2D eigenvalue weighted by Crippen LogP contribution is -2.28. The molecular weight excluding hydrogens is 248 g/mol. The minimum atomic E-state index is 0.508. The zero-order valence-electron chi connectivity index (χ0n) is 13.8. The molecule has 1 saturated heterocycles. The van der Waals surface area contributed by atoms with Gasteiger partial charge in [-0.05, 0) is 38.1 Å². The Morgan fingerprint density at radius 1 is 1.25 bits per heavy atom. The third-order valence-electron chi connectivity index (χ3n) is 5.10. The summed E-state index contributed by atoms with van der Waals surface area (Å²) in [4.78, 5) is 2.56. The second-order valence-electron chi connectivity index (χ2n) is 6.17. The van der Waals surface area contributed by atoms with E-state index in [0.29, 0.717) is 5.41 Å². The standard InChI is InChI=1S/C16H30N4/c1-6-16(7-2)9-10-20(12-16)15-14(11-17-8-3)13(4)18-19(15)5/h17H,6-12H2,1-5H3. The molecule has 0 aromatic carbocycles. The van der Waals surface area contributed by atoms with Crippen molar-refractivity contribution in [2.45, 2.75) is 53.5 Å². The van der Waals surface area contributed by atoms with Gasteiger partial charge in [-0.3, -0.25) is 4.68 Å². The largest absolute Gasteiger partial charge is 0.356 e. The maximum absolute atomic E-state index is 4.64. The predicted molar refractivity (Wildman–Crippen MR) is 85.2 cm³/mol. The first-order valence-electron chi connectivity index (χ1n) is 8.05. The van der Waals surface area contributed by atoms with Crippen molar-refractivity contribution in [2.75, 3.05) is 24.5 Å². The lowest BCUT2D eigenvalue weighted by molar-refractivity contribution is 0.301. The Labute approximate surface area is 123 Å². The third kappa shape index (κ3) is 2.71. The molecule has 1 N–H and O–H groups in total. The van der Waals surface area contributed by atoms with Crippen molar-refractivity contribution in [1.29, 1.82) is 0 Å². The summed E-state index contributed by atoms with van der Waals surface area (Å²) >= 11 is 0. The first kappa shape index (κ1) is 15.4. The summed E-state index contributed by atoms with van der Waals surface area (Å²) in [6.45, 7) is 13.2. The lowest BCUT2D eigenvalue weighted by Gasteiger charge is -2.27. The Balaban J connectivity index is 2.25. The van der Waals surface area contributed by atoms with Gasteiger partial charge in [-0.2, -0.15) is 5.10 Å². The van der Waals surface area contributed by atoms with Crippen molar-refractivity contribution < 1.29 is 0 Å². The molecule has 4 nitrogen and oxygen atoms in total. The van der Waals surface area contributed by atoms with E-state index in [-0.39, 0.29) is 0 Å². The quantitative estimate of drug-likeness (QED) is 0.868. The molecule has 0 unspecified atom stereocenters. The Hall–Kier alpha value is -1.03. The Morgan fingerprint density at radius 2 is 1.95 bits per heavy atom. The number of rotatable bonds is 6. The zero-order valence-corrected chi connectivity index (χ0v) is 13.8. The van der Waals surface area contributed by atoms with E-state index >= 15 is 0 Å². The van der Waals surface area contributed by atoms with Gasteiger partial charge in [0.2, 0.25) is 0 Å². The first-order chi connectivity index (χ1) is 9.56. The molecule has 4 heteroatoms. The van der Waals surface area contributed by atoms with Crippen LogP contribution in [0.1, 0.15) is 51.3 Å². The molecule has 0 radical (unpaired) electrons. The minimum Gasteiger partial charge on any atom is -0.356 e. The Kier molecular flexibility index (Phi) is 4.74. The van der Waals surface area contributed by atoms with Crippen molar-refractivity contribution in [2.24, 2.45) is 12.5 Å². The van der Waals surface area contributed by atoms with Gasteiger partial charge in [-0.1, -0.05) is 20.8 Å². The summed E-state index contributed by atoms with van der Waals surface area (Å²) in [5, 5.41) is 8.09. The van der Waals surface area contributed by atoms with Gasteiger partial charge in [-0.25, -0.2) is 0 Å². The van der Waals surface area contributed by atoms with Gasteiger partial charge in [0.05, 0.1) is 5.69 Å². The minimum absolute atomic E-state index is 0.508. The van der Waals surface area contributed by atoms with Crippen LogP contribution in [0.2, 0.25) is 0 Å². The average Bonchev–Trinajstić information content (AvgIpc) is 2.98. The number of hydrogen-bond acceptors (Lipinski definition) is 3. The van der Waals surface area contributed by atoms with Gasteiger partial charge in [0, 0.05) is 32.2 Å². The summed E-state index contributed by atoms with van der Waals surface area (Å²) in [7, 11) is 2.08. The monoisotopic (exact) mass is 278 g/mol. The maximum Gasteiger partial charge on any atom is 0.131 e. The van der Waals surface area contributed by atoms with Gasteiger partial charge >= 0.3 is 0 Å². The second-order valence-corrected chi connectivity index (χ2v) is 6.17. The molecule has 0 spiro atoms. The van der Waals surface area contributed by atoms with Gasteiger partial charge in [0.1, 0.15) is 5.82 Å². The van der Waals surface area contributed by atoms with Gasteiger partial charge < -0.3 is 10.2 Å². The van der Waals surface area contributed by atoms with Crippen LogP contribution in [0.15, 0.2) is 0 Å². The van der Waals surface area contributed by atoms with Crippen LogP contribution in [-0.4, -0.2) is 29.4 Å². The van der Waals surface area contributed by atoms with Crippen LogP contribution < -0.4 is 10.2 Å². The number of hydrogen-bond donors (Lipinski definition) is 1. The fourth-order valence-corrected chi connectivity index (χ4v) is 3.49. The molecule has 2 heterocycles. The van der Waals surface area contributed by atoms with E-state index in [1.54, 1.807) is 0 Å². The molecular formula is C16H30N4. The molecule has 1 fully saturated rings. The summed E-state index contributed by atoms with van der Waals surface area (Å²) < 4.78 is 2.07. The summed E-state index contributed by atoms with van der Waals surface area (Å²) in [5.74, 6) is 1.33. The molecule has 1 aromatic rings. The second kappa shape index (κ2) is 6.17. The van der Waals surface area contributed by atoms with Crippen molar-refractivity contribution in [3.05, 3.63) is 11.3 Å². The van der Waals surface area contributed by atoms with Crippen molar-refractivity contribution in [3.8, 4) is 0 Å². The van der Waals surface area contributed by atoms with Crippen LogP contribution in [0.4, 0.5) is 5.82 Å². The maximum atomic E-state index is 4.64. The highest BCUT2D eigenvalue weighted by Crippen LogP contribution is 2.40. The summed E-state index contributed by atoms with van der Waals surface area (Å²) in [6, 6.07) is 0. The van der Waals surface area contributed by atoms with E-state index in [1.807, 2.05) is 0 Å². The highest BCUT2D eigenvalue weighted by molar-refractivity contribution is 5.51. The normalized spacial score (nSPS) is 17.9. The molecule has 0 bridgehead atoms. The number of nitrogens with zero attached hydrogens (tertiary/aromatic N) is 3. The van der Waals surface area contributed by atoms with Crippen molar-refractivity contribution in [1.82, 2.24) is 15.1 Å². The van der Waals surface area contributed by atoms with E-state index in [0.717, 1.165) is 18.8 Å². The third-order valence-corrected chi connectivity index (χ3v) is 5.10. The fourth-order valence-electron chi connectivity index (χ4n) is 3.49. The molecule has 0 atom stereocenters. The number of nitrogens with one attached hydrogen (secondary N) is 1. The van der Waals surface area contributed by atoms with Crippen LogP contribution in [0.5, 0.6) is 0 Å². The van der Waals surface area contributed by atoms with Crippen molar-refractivity contribution >= 4 is 5.82 Å². The van der Waals surface area contributed by atoms with E-state index in [2.05, 4.69) is 54.7 Å². The van der Waals surface area contributed by atoms with Gasteiger partial charge in [0.25, 0.3) is 0 Å². The number of anilines is 1. The summed E-state index contributed by atoms with van der Waals surface area (Å²) in [5.41, 5.74) is 3.04.